The van der Waals surface area contributed by atoms with Crippen LogP contribution in [0.2, 0.25) is 0 Å². The van der Waals surface area contributed by atoms with Crippen LogP contribution in [0.4, 0.5) is 5.69 Å². The molecule has 1 aliphatic heterocycles. The van der Waals surface area contributed by atoms with Gasteiger partial charge in [-0.1, -0.05) is 19.1 Å². The number of nitrogens with one attached hydrogen (secondary N) is 1. The van der Waals surface area contributed by atoms with Crippen LogP contribution in [0, 0.1) is 6.92 Å². The van der Waals surface area contributed by atoms with Gasteiger partial charge in [-0.3, -0.25) is 4.79 Å². The maximum atomic E-state index is 12.4. The number of rotatable bonds is 4. The van der Waals surface area contributed by atoms with E-state index < -0.39 is 0 Å². The molecule has 1 aliphatic rings. The number of aryl methyl sites for hydroxylation is 1. The summed E-state index contributed by atoms with van der Waals surface area (Å²) in [4.78, 5) is 14.7. The lowest BCUT2D eigenvalue weighted by Gasteiger charge is -2.45. The van der Waals surface area contributed by atoms with Gasteiger partial charge in [-0.05, 0) is 74.1 Å². The third-order valence-electron chi connectivity index (χ3n) is 5.74. The number of benzene rings is 2. The number of amides is 1. The number of carbonyl (C=O) groups is 1. The summed E-state index contributed by atoms with van der Waals surface area (Å²) < 4.78 is 5.23. The topological polar surface area (TPSA) is 53.9 Å². The van der Waals surface area contributed by atoms with E-state index >= 15 is 0 Å². The quantitative estimate of drug-likeness (QED) is 0.629. The highest BCUT2D eigenvalue weighted by Gasteiger charge is 2.34. The predicted octanol–water partition coefficient (Wildman–Crippen LogP) is 4.49. The fraction of sp³-hybridized carbons (Fsp3) is 0.391. The molecule has 0 fully saturated rings. The van der Waals surface area contributed by atoms with Gasteiger partial charge in [-0.15, -0.1) is 0 Å². The standard InChI is InChI=1S/C23H29N3O2/c1-15-11-20-19(16(2)13-23(3,4)26(20)5)12-17(15)14-24-25-22(27)18-9-7-8-10-21(18)28-6/h7-12,14,16H,13H2,1-6H3,(H,25,27)/b24-14-/t16-/m1/s1. The fourth-order valence-corrected chi connectivity index (χ4v) is 3.93. The summed E-state index contributed by atoms with van der Waals surface area (Å²) in [5.41, 5.74) is 7.94. The first-order chi connectivity index (χ1) is 13.2. The van der Waals surface area contributed by atoms with E-state index in [1.165, 1.54) is 11.3 Å². The largest absolute Gasteiger partial charge is 0.496 e. The van der Waals surface area contributed by atoms with Gasteiger partial charge in [0.15, 0.2) is 0 Å². The molecule has 1 atom stereocenters. The van der Waals surface area contributed by atoms with Gasteiger partial charge in [0.25, 0.3) is 5.91 Å². The first-order valence-electron chi connectivity index (χ1n) is 9.59. The van der Waals surface area contributed by atoms with Gasteiger partial charge in [-0.25, -0.2) is 5.43 Å². The number of nitrogens with zero attached hydrogens (tertiary/aromatic N) is 2. The Bertz CT molecular complexity index is 918. The van der Waals surface area contributed by atoms with Crippen LogP contribution < -0.4 is 15.1 Å². The molecule has 1 amide bonds. The summed E-state index contributed by atoms with van der Waals surface area (Å²) in [5, 5.41) is 4.18. The van der Waals surface area contributed by atoms with Crippen molar-refractivity contribution >= 4 is 17.8 Å². The van der Waals surface area contributed by atoms with Crippen molar-refractivity contribution in [1.82, 2.24) is 5.43 Å². The SMILES string of the molecule is COc1ccccc1C(=O)N/N=C\c1cc2c(cc1C)N(C)C(C)(C)C[C@H]2C. The monoisotopic (exact) mass is 379 g/mol. The van der Waals surface area contributed by atoms with Crippen LogP contribution in [0.1, 0.15) is 60.2 Å². The Labute approximate surface area is 167 Å². The molecule has 3 rings (SSSR count). The Kier molecular flexibility index (Phi) is 5.45. The second-order valence-corrected chi connectivity index (χ2v) is 8.14. The number of methoxy groups -OCH3 is 1. The highest BCUT2D eigenvalue weighted by atomic mass is 16.5. The average molecular weight is 380 g/mol. The third kappa shape index (κ3) is 3.75. The summed E-state index contributed by atoms with van der Waals surface area (Å²) in [6.45, 7) is 8.91. The molecule has 28 heavy (non-hydrogen) atoms. The Morgan fingerprint density at radius 3 is 2.75 bits per heavy atom. The summed E-state index contributed by atoms with van der Waals surface area (Å²) in [6.07, 6.45) is 2.82. The molecular weight excluding hydrogens is 350 g/mol. The lowest BCUT2D eigenvalue weighted by atomic mass is 9.79. The maximum absolute atomic E-state index is 12.4. The Morgan fingerprint density at radius 2 is 2.04 bits per heavy atom. The van der Waals surface area contributed by atoms with E-state index in [0.717, 1.165) is 17.5 Å². The van der Waals surface area contributed by atoms with E-state index in [1.807, 2.05) is 6.07 Å². The molecule has 0 spiro atoms. The van der Waals surface area contributed by atoms with Crippen LogP contribution in [0.3, 0.4) is 0 Å². The van der Waals surface area contributed by atoms with E-state index in [9.17, 15) is 4.79 Å². The van der Waals surface area contributed by atoms with E-state index in [2.05, 4.69) is 62.3 Å². The van der Waals surface area contributed by atoms with Crippen molar-refractivity contribution in [3.8, 4) is 5.75 Å². The molecule has 0 aromatic heterocycles. The molecule has 0 saturated carbocycles. The van der Waals surface area contributed by atoms with Crippen LogP contribution in [0.15, 0.2) is 41.5 Å². The van der Waals surface area contributed by atoms with Gasteiger partial charge >= 0.3 is 0 Å². The first kappa shape index (κ1) is 19.9. The minimum absolute atomic E-state index is 0.136. The Hall–Kier alpha value is -2.82. The van der Waals surface area contributed by atoms with Gasteiger partial charge in [0.05, 0.1) is 18.9 Å². The molecule has 2 aromatic rings. The van der Waals surface area contributed by atoms with Gasteiger partial charge in [-0.2, -0.15) is 5.10 Å². The molecule has 1 N–H and O–H groups in total. The summed E-state index contributed by atoms with van der Waals surface area (Å²) in [6, 6.07) is 11.5. The molecular formula is C23H29N3O2. The zero-order chi connectivity index (χ0) is 20.5. The number of hydrogen-bond acceptors (Lipinski definition) is 4. The minimum atomic E-state index is -0.292. The second-order valence-electron chi connectivity index (χ2n) is 8.14. The van der Waals surface area contributed by atoms with Crippen molar-refractivity contribution in [2.24, 2.45) is 5.10 Å². The number of para-hydroxylation sites is 1. The highest BCUT2D eigenvalue weighted by molar-refractivity contribution is 5.97. The molecule has 5 nitrogen and oxygen atoms in total. The molecule has 0 bridgehead atoms. The number of hydrazone groups is 1. The maximum Gasteiger partial charge on any atom is 0.275 e. The normalized spacial score (nSPS) is 18.1. The average Bonchev–Trinajstić information content (AvgIpc) is 2.66. The molecule has 0 saturated heterocycles. The van der Waals surface area contributed by atoms with Gasteiger partial charge < -0.3 is 9.64 Å². The van der Waals surface area contributed by atoms with E-state index in [4.69, 9.17) is 4.74 Å². The van der Waals surface area contributed by atoms with Crippen molar-refractivity contribution in [2.75, 3.05) is 19.1 Å². The van der Waals surface area contributed by atoms with Crippen LogP contribution in [0.25, 0.3) is 0 Å². The molecule has 5 heteroatoms. The van der Waals surface area contributed by atoms with E-state index in [0.29, 0.717) is 17.2 Å². The van der Waals surface area contributed by atoms with Crippen molar-refractivity contribution in [3.63, 3.8) is 0 Å². The van der Waals surface area contributed by atoms with Crippen molar-refractivity contribution in [2.45, 2.75) is 45.6 Å². The zero-order valence-corrected chi connectivity index (χ0v) is 17.5. The Morgan fingerprint density at radius 1 is 1.32 bits per heavy atom. The van der Waals surface area contributed by atoms with Gasteiger partial charge in [0.2, 0.25) is 0 Å². The smallest absolute Gasteiger partial charge is 0.275 e. The van der Waals surface area contributed by atoms with E-state index in [1.54, 1.807) is 31.5 Å². The fourth-order valence-electron chi connectivity index (χ4n) is 3.93. The highest BCUT2D eigenvalue weighted by Crippen LogP contribution is 2.43. The van der Waals surface area contributed by atoms with E-state index in [-0.39, 0.29) is 11.4 Å². The van der Waals surface area contributed by atoms with Gasteiger partial charge in [0.1, 0.15) is 5.75 Å². The summed E-state index contributed by atoms with van der Waals surface area (Å²) in [5.74, 6) is 0.705. The minimum Gasteiger partial charge on any atom is -0.496 e. The van der Waals surface area contributed by atoms with Crippen LogP contribution in [-0.4, -0.2) is 31.8 Å². The number of hydrogen-bond donors (Lipinski definition) is 1. The van der Waals surface area contributed by atoms with Crippen molar-refractivity contribution in [1.29, 1.82) is 0 Å². The van der Waals surface area contributed by atoms with Crippen LogP contribution in [-0.2, 0) is 0 Å². The third-order valence-corrected chi connectivity index (χ3v) is 5.74. The Balaban J connectivity index is 1.82. The summed E-state index contributed by atoms with van der Waals surface area (Å²) >= 11 is 0. The predicted molar refractivity (Wildman–Crippen MR) is 115 cm³/mol. The van der Waals surface area contributed by atoms with Crippen LogP contribution >= 0.6 is 0 Å². The second kappa shape index (κ2) is 7.66. The van der Waals surface area contributed by atoms with Crippen molar-refractivity contribution in [3.05, 3.63) is 58.7 Å². The molecule has 2 aromatic carbocycles. The number of carbonyl (C=O) groups excluding carboxylic acids is 1. The van der Waals surface area contributed by atoms with Crippen molar-refractivity contribution < 1.29 is 9.53 Å². The molecule has 148 valence electrons. The van der Waals surface area contributed by atoms with Gasteiger partial charge in [0, 0.05) is 18.3 Å². The molecule has 0 radical (unpaired) electrons. The lowest BCUT2D eigenvalue weighted by Crippen LogP contribution is -2.45. The zero-order valence-electron chi connectivity index (χ0n) is 17.5. The summed E-state index contributed by atoms with van der Waals surface area (Å²) in [7, 11) is 3.71. The first-order valence-corrected chi connectivity index (χ1v) is 9.59. The molecule has 0 aliphatic carbocycles. The molecule has 1 heterocycles. The number of anilines is 1. The lowest BCUT2D eigenvalue weighted by molar-refractivity contribution is 0.0952. The number of fused-ring (bicyclic) bond motifs is 1. The molecule has 0 unspecified atom stereocenters. The van der Waals surface area contributed by atoms with Crippen LogP contribution in [0.5, 0.6) is 5.75 Å². The number of ether oxygens (including phenoxy) is 1.